The van der Waals surface area contributed by atoms with E-state index in [1.807, 2.05) is 0 Å². The van der Waals surface area contributed by atoms with E-state index in [1.165, 1.54) is 0 Å². The summed E-state index contributed by atoms with van der Waals surface area (Å²) in [5.41, 5.74) is 0. The summed E-state index contributed by atoms with van der Waals surface area (Å²) in [7, 11) is 0. The fourth-order valence-electron chi connectivity index (χ4n) is 0.146. The van der Waals surface area contributed by atoms with Crippen molar-refractivity contribution in [1.82, 2.24) is 0 Å². The molecule has 32 valence electrons. The Bertz CT molecular complexity index is 163. The topological polar surface area (TPSA) is 0 Å². The van der Waals surface area contributed by atoms with Crippen LogP contribution in [0.5, 0.6) is 0 Å². The van der Waals surface area contributed by atoms with Gasteiger partial charge in [0.2, 0.25) is 0 Å². The first-order chi connectivity index (χ1) is 3.41. The molecule has 0 aliphatic rings. The van der Waals surface area contributed by atoms with E-state index in [0.717, 1.165) is 0 Å². The first-order valence-corrected chi connectivity index (χ1v) is 1.78. The van der Waals surface area contributed by atoms with Crippen molar-refractivity contribution < 1.29 is 0 Å². The van der Waals surface area contributed by atoms with Gasteiger partial charge in [0.1, 0.15) is 0 Å². The maximum absolute atomic E-state index is 4.85. The Balaban J connectivity index is 3.37. The molecule has 0 aromatic heterocycles. The highest BCUT2D eigenvalue weighted by Gasteiger charge is 1.56. The number of hydrogen-bond donors (Lipinski definition) is 0. The summed E-state index contributed by atoms with van der Waals surface area (Å²) in [6.45, 7) is 0. The van der Waals surface area contributed by atoms with E-state index >= 15 is 0 Å². The Morgan fingerprint density at radius 1 is 1.29 bits per heavy atom. The van der Waals surface area contributed by atoms with Crippen molar-refractivity contribution in [2.24, 2.45) is 0 Å². The van der Waals surface area contributed by atoms with Crippen molar-refractivity contribution in [1.29, 1.82) is 0 Å². The van der Waals surface area contributed by atoms with Crippen LogP contribution in [0.15, 0.2) is 0 Å². The molecule has 0 aliphatic carbocycles. The monoisotopic (exact) mass is 88.0 g/mol. The molecule has 0 rings (SSSR count). The second-order valence-electron chi connectivity index (χ2n) is 0.827. The van der Waals surface area contributed by atoms with Gasteiger partial charge >= 0.3 is 0 Å². The van der Waals surface area contributed by atoms with Gasteiger partial charge in [-0.3, -0.25) is 0 Å². The van der Waals surface area contributed by atoms with E-state index in [9.17, 15) is 0 Å². The Morgan fingerprint density at radius 2 is 2.00 bits per heavy atom. The molecular weight excluding hydrogens is 84.1 g/mol. The minimum Gasteiger partial charge on any atom is -0.119 e. The molecule has 0 unspecified atom stereocenters. The van der Waals surface area contributed by atoms with Crippen LogP contribution in [0.3, 0.4) is 0 Å². The Labute approximate surface area is 43.9 Å². The molecule has 0 aliphatic heterocycles. The Kier molecular flexibility index (Phi) is 3.80. The van der Waals surface area contributed by atoms with Crippen LogP contribution in [0.25, 0.3) is 0 Å². The molecule has 0 aromatic rings. The summed E-state index contributed by atoms with van der Waals surface area (Å²) < 4.78 is 0. The van der Waals surface area contributed by atoms with Crippen molar-refractivity contribution in [3.63, 3.8) is 0 Å². The van der Waals surface area contributed by atoms with Crippen molar-refractivity contribution >= 4 is 0 Å². The van der Waals surface area contributed by atoms with Crippen LogP contribution >= 0.6 is 0 Å². The Morgan fingerprint density at radius 3 is 2.43 bits per heavy atom. The quantitative estimate of drug-likeness (QED) is 0.381. The number of hydrogen-bond acceptors (Lipinski definition) is 0. The van der Waals surface area contributed by atoms with Crippen LogP contribution < -0.4 is 0 Å². The SMILES string of the molecule is C#CC#CCC#C. The van der Waals surface area contributed by atoms with Gasteiger partial charge in [0.05, 0.1) is 6.42 Å². The van der Waals surface area contributed by atoms with E-state index in [2.05, 4.69) is 23.7 Å². The summed E-state index contributed by atoms with van der Waals surface area (Å²) in [4.78, 5) is 0. The first-order valence-electron chi connectivity index (χ1n) is 1.78. The molecule has 0 amide bonds. The molecule has 0 atom stereocenters. The van der Waals surface area contributed by atoms with E-state index in [0.29, 0.717) is 6.42 Å². The molecule has 0 spiro atoms. The third-order valence-corrected chi connectivity index (χ3v) is 0.351. The number of terminal acetylenes is 2. The molecule has 0 N–H and O–H groups in total. The molecule has 0 aromatic carbocycles. The van der Waals surface area contributed by atoms with E-state index < -0.39 is 0 Å². The maximum atomic E-state index is 4.85. The predicted molar refractivity (Wildman–Crippen MR) is 30.1 cm³/mol. The summed E-state index contributed by atoms with van der Waals surface area (Å²) in [6.07, 6.45) is 10.1. The fraction of sp³-hybridized carbons (Fsp3) is 0.143. The average molecular weight is 88.1 g/mol. The van der Waals surface area contributed by atoms with Crippen molar-refractivity contribution in [2.45, 2.75) is 6.42 Å². The van der Waals surface area contributed by atoms with Crippen molar-refractivity contribution in [2.75, 3.05) is 0 Å². The molecule has 0 fully saturated rings. The minimum atomic E-state index is 0.449. The Hall–Kier alpha value is -1.32. The number of rotatable bonds is 0. The lowest BCUT2D eigenvalue weighted by Gasteiger charge is -1.60. The van der Waals surface area contributed by atoms with Crippen LogP contribution in [0.4, 0.5) is 0 Å². The summed E-state index contributed by atoms with van der Waals surface area (Å²) in [5, 5.41) is 0. The maximum Gasteiger partial charge on any atom is 0.0710 e. The smallest absolute Gasteiger partial charge is 0.0710 e. The molecule has 7 heavy (non-hydrogen) atoms. The van der Waals surface area contributed by atoms with Gasteiger partial charge in [-0.15, -0.1) is 12.8 Å². The molecule has 0 heterocycles. The van der Waals surface area contributed by atoms with E-state index in [4.69, 9.17) is 12.8 Å². The van der Waals surface area contributed by atoms with Gasteiger partial charge in [-0.1, -0.05) is 11.8 Å². The fourth-order valence-corrected chi connectivity index (χ4v) is 0.146. The van der Waals surface area contributed by atoms with Crippen molar-refractivity contribution in [3.05, 3.63) is 0 Å². The highest BCUT2D eigenvalue weighted by atomic mass is 13.6. The van der Waals surface area contributed by atoms with Crippen LogP contribution in [0.1, 0.15) is 6.42 Å². The summed E-state index contributed by atoms with van der Waals surface area (Å²) in [5.74, 6) is 9.43. The third-order valence-electron chi connectivity index (χ3n) is 0.351. The average Bonchev–Trinajstić information content (AvgIpc) is 1.69. The van der Waals surface area contributed by atoms with E-state index in [1.54, 1.807) is 0 Å². The van der Waals surface area contributed by atoms with Crippen molar-refractivity contribution in [3.8, 4) is 36.5 Å². The van der Waals surface area contributed by atoms with Gasteiger partial charge in [-0.05, 0) is 11.8 Å². The normalized spacial score (nSPS) is 4.29. The predicted octanol–water partition coefficient (Wildman–Crippen LogP) is 0.646. The van der Waals surface area contributed by atoms with Gasteiger partial charge in [0.15, 0.2) is 0 Å². The minimum absolute atomic E-state index is 0.449. The van der Waals surface area contributed by atoms with Gasteiger partial charge in [-0.2, -0.15) is 0 Å². The zero-order valence-electron chi connectivity index (χ0n) is 3.86. The zero-order chi connectivity index (χ0) is 5.54. The second kappa shape index (κ2) is 4.68. The van der Waals surface area contributed by atoms with E-state index in [-0.39, 0.29) is 0 Å². The highest BCUT2D eigenvalue weighted by molar-refractivity contribution is 5.23. The van der Waals surface area contributed by atoms with Crippen LogP contribution in [0, 0.1) is 36.5 Å². The van der Waals surface area contributed by atoms with Crippen LogP contribution in [-0.4, -0.2) is 0 Å². The molecular formula is C7H4. The van der Waals surface area contributed by atoms with Crippen LogP contribution in [-0.2, 0) is 0 Å². The first kappa shape index (κ1) is 5.68. The highest BCUT2D eigenvalue weighted by Crippen LogP contribution is 1.63. The lowest BCUT2D eigenvalue weighted by atomic mass is 10.4. The molecule has 0 nitrogen and oxygen atoms in total. The van der Waals surface area contributed by atoms with Gasteiger partial charge < -0.3 is 0 Å². The lowest BCUT2D eigenvalue weighted by Crippen LogP contribution is -1.53. The molecule has 0 heteroatoms. The largest absolute Gasteiger partial charge is 0.119 e. The van der Waals surface area contributed by atoms with Crippen LogP contribution in [0.2, 0.25) is 0 Å². The summed E-state index contributed by atoms with van der Waals surface area (Å²) in [6, 6.07) is 0. The van der Waals surface area contributed by atoms with Gasteiger partial charge in [-0.25, -0.2) is 0 Å². The summed E-state index contributed by atoms with van der Waals surface area (Å²) >= 11 is 0. The molecule has 0 saturated heterocycles. The molecule has 0 bridgehead atoms. The lowest BCUT2D eigenvalue weighted by molar-refractivity contribution is 1.57. The zero-order valence-corrected chi connectivity index (χ0v) is 3.86. The molecule has 0 radical (unpaired) electrons. The molecule has 0 saturated carbocycles. The standard InChI is InChI=1S/C7H4/c1-3-5-7-6-4-2/h1-2H,5H2. The third kappa shape index (κ3) is 4.68. The van der Waals surface area contributed by atoms with Gasteiger partial charge in [0, 0.05) is 0 Å². The van der Waals surface area contributed by atoms with Gasteiger partial charge in [0.25, 0.3) is 0 Å². The second-order valence-corrected chi connectivity index (χ2v) is 0.827.